The molecule has 0 aromatic heterocycles. The van der Waals surface area contributed by atoms with E-state index in [1.165, 1.54) is 0 Å². The monoisotopic (exact) mass is 179 g/mol. The van der Waals surface area contributed by atoms with E-state index in [-0.39, 0.29) is 0 Å². The van der Waals surface area contributed by atoms with Gasteiger partial charge in [-0.05, 0) is 0 Å². The summed E-state index contributed by atoms with van der Waals surface area (Å²) in [6.07, 6.45) is 0. The van der Waals surface area contributed by atoms with Crippen LogP contribution in [0.5, 0.6) is 0 Å². The van der Waals surface area contributed by atoms with Gasteiger partial charge in [-0.15, -0.1) is 0 Å². The number of hydrogen-bond acceptors (Lipinski definition) is 0. The fourth-order valence-corrected chi connectivity index (χ4v) is 0.400. The second-order valence-corrected chi connectivity index (χ2v) is 2.77. The number of halogens is 1. The average molecular weight is 180 g/mol. The van der Waals surface area contributed by atoms with Crippen LogP contribution in [0.1, 0.15) is 0 Å². The largest absolute Gasteiger partial charge is 0.314 e. The third kappa shape index (κ3) is 2.31. The molecule has 0 heterocycles. The molecule has 0 spiro atoms. The predicted molar refractivity (Wildman–Crippen MR) is 39.7 cm³/mol. The molecular weight excluding hydrogens is 168 g/mol. The Labute approximate surface area is 58.9 Å². The van der Waals surface area contributed by atoms with E-state index in [4.69, 9.17) is 0 Å². The van der Waals surface area contributed by atoms with Crippen LogP contribution in [-0.4, -0.2) is 42.4 Å². The topological polar surface area (TPSA) is 6.25 Å². The van der Waals surface area contributed by atoms with E-state index in [0.29, 0.717) is 0 Å². The lowest BCUT2D eigenvalue weighted by atomic mass is 10.9. The fourth-order valence-electron chi connectivity index (χ4n) is 0.400. The van der Waals surface area contributed by atoms with Crippen LogP contribution < -0.4 is 0 Å². The molecule has 3 heteroatoms. The van der Waals surface area contributed by atoms with Gasteiger partial charge < -0.3 is 0 Å². The first-order chi connectivity index (χ1) is 3.55. The van der Waals surface area contributed by atoms with E-state index in [9.17, 15) is 0 Å². The Morgan fingerprint density at radius 1 is 1.38 bits per heavy atom. The van der Waals surface area contributed by atoms with Gasteiger partial charge in [-0.1, -0.05) is 0 Å². The SMILES string of the molecule is CN(C)C(Br)=[N+](C)C. The van der Waals surface area contributed by atoms with E-state index in [2.05, 4.69) is 15.9 Å². The molecule has 0 radical (unpaired) electrons. The molecule has 0 aliphatic heterocycles. The molecule has 0 aromatic rings. The van der Waals surface area contributed by atoms with Crippen molar-refractivity contribution in [2.45, 2.75) is 0 Å². The van der Waals surface area contributed by atoms with Crippen molar-refractivity contribution in [2.24, 2.45) is 0 Å². The van der Waals surface area contributed by atoms with Crippen molar-refractivity contribution in [1.82, 2.24) is 4.90 Å². The molecule has 0 bridgehead atoms. The Kier molecular flexibility index (Phi) is 3.05. The van der Waals surface area contributed by atoms with Gasteiger partial charge in [0.1, 0.15) is 0 Å². The van der Waals surface area contributed by atoms with Crippen molar-refractivity contribution >= 4 is 20.7 Å². The van der Waals surface area contributed by atoms with Gasteiger partial charge in [-0.3, -0.25) is 9.48 Å². The van der Waals surface area contributed by atoms with Crippen LogP contribution in [0.15, 0.2) is 0 Å². The summed E-state index contributed by atoms with van der Waals surface area (Å²) in [5.41, 5.74) is 0. The molecule has 8 heavy (non-hydrogen) atoms. The zero-order valence-electron chi connectivity index (χ0n) is 5.77. The summed E-state index contributed by atoms with van der Waals surface area (Å²) in [5.74, 6) is 0. The summed E-state index contributed by atoms with van der Waals surface area (Å²) < 4.78 is 3.08. The molecule has 0 amide bonds. The van der Waals surface area contributed by atoms with Crippen molar-refractivity contribution in [1.29, 1.82) is 0 Å². The van der Waals surface area contributed by atoms with Crippen LogP contribution >= 0.6 is 15.9 Å². The highest BCUT2D eigenvalue weighted by atomic mass is 79.9. The fraction of sp³-hybridized carbons (Fsp3) is 0.800. The normalized spacial score (nSPS) is 8.62. The van der Waals surface area contributed by atoms with Gasteiger partial charge in [0, 0.05) is 15.9 Å². The van der Waals surface area contributed by atoms with E-state index in [1.54, 1.807) is 0 Å². The van der Waals surface area contributed by atoms with E-state index in [0.717, 1.165) is 4.74 Å². The van der Waals surface area contributed by atoms with Crippen molar-refractivity contribution in [3.63, 3.8) is 0 Å². The maximum Gasteiger partial charge on any atom is 0.314 e. The van der Waals surface area contributed by atoms with Crippen LogP contribution in [0, 0.1) is 0 Å². The number of rotatable bonds is 0. The van der Waals surface area contributed by atoms with Crippen LogP contribution in [-0.2, 0) is 0 Å². The summed E-state index contributed by atoms with van der Waals surface area (Å²) in [6.45, 7) is 0. The molecule has 0 aliphatic carbocycles. The molecule has 0 saturated carbocycles. The second kappa shape index (κ2) is 3.07. The van der Waals surface area contributed by atoms with Gasteiger partial charge in [-0.25, -0.2) is 0 Å². The Balaban J connectivity index is 4.00. The number of hydrogen-bond donors (Lipinski definition) is 0. The van der Waals surface area contributed by atoms with Gasteiger partial charge in [-0.2, -0.15) is 0 Å². The van der Waals surface area contributed by atoms with Crippen molar-refractivity contribution in [3.05, 3.63) is 0 Å². The van der Waals surface area contributed by atoms with Crippen LogP contribution in [0.2, 0.25) is 0 Å². The van der Waals surface area contributed by atoms with Crippen molar-refractivity contribution in [2.75, 3.05) is 28.2 Å². The molecular formula is C5H12BrN2+. The molecule has 0 aromatic carbocycles. The zero-order valence-corrected chi connectivity index (χ0v) is 7.36. The lowest BCUT2D eigenvalue weighted by Gasteiger charge is -2.02. The molecule has 0 saturated heterocycles. The predicted octanol–water partition coefficient (Wildman–Crippen LogP) is 0.571. The average Bonchev–Trinajstić information content (AvgIpc) is 1.64. The van der Waals surface area contributed by atoms with Gasteiger partial charge >= 0.3 is 4.74 Å². The van der Waals surface area contributed by atoms with E-state index < -0.39 is 0 Å². The summed E-state index contributed by atoms with van der Waals surface area (Å²) in [6, 6.07) is 0. The minimum atomic E-state index is 1.08. The summed E-state index contributed by atoms with van der Waals surface area (Å²) in [7, 11) is 7.96. The minimum absolute atomic E-state index is 1.08. The first kappa shape index (κ1) is 7.95. The Bertz CT molecular complexity index is 103. The first-order valence-corrected chi connectivity index (χ1v) is 3.22. The summed E-state index contributed by atoms with van der Waals surface area (Å²) >= 11 is 3.38. The Morgan fingerprint density at radius 2 is 1.75 bits per heavy atom. The second-order valence-electron chi connectivity index (χ2n) is 2.06. The third-order valence-electron chi connectivity index (χ3n) is 0.738. The smallest absolute Gasteiger partial charge is 0.261 e. The molecule has 0 atom stereocenters. The highest BCUT2D eigenvalue weighted by Crippen LogP contribution is 1.89. The lowest BCUT2D eigenvalue weighted by Crippen LogP contribution is -2.23. The highest BCUT2D eigenvalue weighted by molar-refractivity contribution is 9.18. The number of amidine groups is 1. The van der Waals surface area contributed by atoms with Crippen molar-refractivity contribution in [3.8, 4) is 0 Å². The molecule has 2 nitrogen and oxygen atoms in total. The summed E-state index contributed by atoms with van der Waals surface area (Å²) in [5, 5.41) is 0. The van der Waals surface area contributed by atoms with Gasteiger partial charge in [0.2, 0.25) is 0 Å². The molecule has 48 valence electrons. The standard InChI is InChI=1S/C5H12BrN2/c1-7(2)5(6)8(3)4/h1-4H3/q+1. The lowest BCUT2D eigenvalue weighted by molar-refractivity contribution is -0.465. The zero-order chi connectivity index (χ0) is 6.73. The number of nitrogens with zero attached hydrogens (tertiary/aromatic N) is 2. The third-order valence-corrected chi connectivity index (χ3v) is 2.16. The maximum atomic E-state index is 3.38. The van der Waals surface area contributed by atoms with Crippen molar-refractivity contribution < 1.29 is 4.58 Å². The molecule has 0 aliphatic rings. The van der Waals surface area contributed by atoms with Gasteiger partial charge in [0.05, 0.1) is 28.2 Å². The minimum Gasteiger partial charge on any atom is -0.261 e. The van der Waals surface area contributed by atoms with Crippen LogP contribution in [0.3, 0.4) is 0 Å². The Morgan fingerprint density at radius 3 is 1.75 bits per heavy atom. The first-order valence-electron chi connectivity index (χ1n) is 2.43. The molecule has 0 N–H and O–H groups in total. The summed E-state index contributed by atoms with van der Waals surface area (Å²) in [4.78, 5) is 2.00. The molecule has 0 unspecified atom stereocenters. The molecule has 0 fully saturated rings. The van der Waals surface area contributed by atoms with E-state index >= 15 is 0 Å². The van der Waals surface area contributed by atoms with Crippen LogP contribution in [0.4, 0.5) is 0 Å². The molecule has 0 rings (SSSR count). The quantitative estimate of drug-likeness (QED) is 0.228. The maximum absolute atomic E-state index is 3.38. The van der Waals surface area contributed by atoms with Gasteiger partial charge in [0.25, 0.3) is 0 Å². The van der Waals surface area contributed by atoms with Crippen LogP contribution in [0.25, 0.3) is 0 Å². The van der Waals surface area contributed by atoms with E-state index in [1.807, 2.05) is 37.7 Å². The van der Waals surface area contributed by atoms with Gasteiger partial charge in [0.15, 0.2) is 0 Å². The Hall–Kier alpha value is -0.0500. The highest BCUT2D eigenvalue weighted by Gasteiger charge is 2.02.